The smallest absolute Gasteiger partial charge is 0.195 e. The predicted octanol–water partition coefficient (Wildman–Crippen LogP) is 4.28. The quantitative estimate of drug-likeness (QED) is 0.704. The Hall–Kier alpha value is -1.66. The first-order valence-corrected chi connectivity index (χ1v) is 10.1. The van der Waals surface area contributed by atoms with E-state index in [9.17, 15) is 5.11 Å². The van der Waals surface area contributed by atoms with Crippen molar-refractivity contribution in [2.75, 3.05) is 25.0 Å². The molecule has 2 N–H and O–H groups in total. The summed E-state index contributed by atoms with van der Waals surface area (Å²) in [5, 5.41) is 16.4. The van der Waals surface area contributed by atoms with Crippen molar-refractivity contribution in [3.63, 3.8) is 0 Å². The molecule has 2 atom stereocenters. The zero-order valence-electron chi connectivity index (χ0n) is 15.9. The number of benzene rings is 2. The van der Waals surface area contributed by atoms with Crippen LogP contribution in [-0.2, 0) is 5.72 Å². The lowest BCUT2D eigenvalue weighted by molar-refractivity contribution is -0.0476. The minimum Gasteiger partial charge on any atom is -0.363 e. The van der Waals surface area contributed by atoms with E-state index in [0.717, 1.165) is 24.3 Å². The third-order valence-electron chi connectivity index (χ3n) is 5.29. The van der Waals surface area contributed by atoms with E-state index in [0.29, 0.717) is 22.2 Å². The number of thiocarbonyl (C=S) groups is 1. The highest BCUT2D eigenvalue weighted by atomic mass is 35.5. The number of nitrogens with zero attached hydrogens (tertiary/aromatic N) is 2. The number of hydrogen-bond donors (Lipinski definition) is 2. The van der Waals surface area contributed by atoms with Crippen LogP contribution >= 0.6 is 23.8 Å². The largest absolute Gasteiger partial charge is 0.363 e. The standard InChI is InChI=1S/C21H26ClN3OS/c1-4-24(5-2)15(3)14-25-20(27)23-19-12-11-17(22)13-18(19)21(25,26)16-9-7-6-8-10-16/h6-13,15,26H,4-5,14H2,1-3H3,(H,23,27). The molecule has 2 unspecified atom stereocenters. The fourth-order valence-electron chi connectivity index (χ4n) is 3.81. The highest BCUT2D eigenvalue weighted by molar-refractivity contribution is 7.80. The second-order valence-corrected chi connectivity index (χ2v) is 7.66. The monoisotopic (exact) mass is 403 g/mol. The SMILES string of the molecule is CCN(CC)C(C)CN1C(=S)Nc2ccc(Cl)cc2C1(O)c1ccccc1. The van der Waals surface area contributed by atoms with Crippen LogP contribution in [0.4, 0.5) is 5.69 Å². The summed E-state index contributed by atoms with van der Waals surface area (Å²) in [7, 11) is 0. The van der Waals surface area contributed by atoms with Crippen LogP contribution in [0.2, 0.25) is 5.02 Å². The molecule has 6 heteroatoms. The molecule has 4 nitrogen and oxygen atoms in total. The van der Waals surface area contributed by atoms with E-state index in [2.05, 4.69) is 31.0 Å². The summed E-state index contributed by atoms with van der Waals surface area (Å²) in [6.45, 7) is 8.92. The molecule has 0 amide bonds. The normalized spacial score (nSPS) is 20.4. The average Bonchev–Trinajstić information content (AvgIpc) is 2.67. The molecule has 2 aromatic carbocycles. The van der Waals surface area contributed by atoms with Gasteiger partial charge in [-0.25, -0.2) is 0 Å². The number of aliphatic hydroxyl groups is 1. The number of nitrogens with one attached hydrogen (secondary N) is 1. The number of likely N-dealkylation sites (N-methyl/N-ethyl adjacent to an activating group) is 1. The summed E-state index contributed by atoms with van der Waals surface area (Å²) < 4.78 is 0. The maximum Gasteiger partial charge on any atom is 0.195 e. The zero-order valence-corrected chi connectivity index (χ0v) is 17.5. The molecule has 3 rings (SSSR count). The molecular weight excluding hydrogens is 378 g/mol. The fourth-order valence-corrected chi connectivity index (χ4v) is 4.30. The number of hydrogen-bond acceptors (Lipinski definition) is 3. The minimum atomic E-state index is -1.38. The molecule has 0 fully saturated rings. The molecule has 0 spiro atoms. The van der Waals surface area contributed by atoms with Gasteiger partial charge in [0, 0.05) is 34.4 Å². The maximum atomic E-state index is 12.0. The Morgan fingerprint density at radius 3 is 2.48 bits per heavy atom. The van der Waals surface area contributed by atoms with E-state index in [1.807, 2.05) is 47.4 Å². The Labute approximate surface area is 171 Å². The summed E-state index contributed by atoms with van der Waals surface area (Å²) in [4.78, 5) is 4.22. The van der Waals surface area contributed by atoms with Crippen molar-refractivity contribution in [3.8, 4) is 0 Å². The van der Waals surface area contributed by atoms with Crippen LogP contribution < -0.4 is 5.32 Å². The van der Waals surface area contributed by atoms with Crippen molar-refractivity contribution in [1.82, 2.24) is 9.80 Å². The van der Waals surface area contributed by atoms with E-state index >= 15 is 0 Å². The van der Waals surface area contributed by atoms with Crippen molar-refractivity contribution in [1.29, 1.82) is 0 Å². The Balaban J connectivity index is 2.12. The molecule has 0 saturated carbocycles. The summed E-state index contributed by atoms with van der Waals surface area (Å²) in [6, 6.07) is 15.3. The maximum absolute atomic E-state index is 12.0. The third kappa shape index (κ3) is 3.69. The van der Waals surface area contributed by atoms with Crippen molar-refractivity contribution in [2.24, 2.45) is 0 Å². The van der Waals surface area contributed by atoms with Gasteiger partial charge in [-0.2, -0.15) is 0 Å². The highest BCUT2D eigenvalue weighted by Crippen LogP contribution is 2.42. The average molecular weight is 404 g/mol. The van der Waals surface area contributed by atoms with Crippen molar-refractivity contribution in [2.45, 2.75) is 32.5 Å². The van der Waals surface area contributed by atoms with Crippen LogP contribution in [0.15, 0.2) is 48.5 Å². The van der Waals surface area contributed by atoms with E-state index < -0.39 is 5.72 Å². The van der Waals surface area contributed by atoms with E-state index in [4.69, 9.17) is 23.8 Å². The van der Waals surface area contributed by atoms with Gasteiger partial charge in [0.15, 0.2) is 10.8 Å². The van der Waals surface area contributed by atoms with Crippen LogP contribution in [0.1, 0.15) is 31.9 Å². The molecule has 1 aliphatic heterocycles. The molecule has 1 heterocycles. The lowest BCUT2D eigenvalue weighted by Gasteiger charge is -2.48. The Bertz CT molecular complexity index is 812. The predicted molar refractivity (Wildman–Crippen MR) is 116 cm³/mol. The van der Waals surface area contributed by atoms with Gasteiger partial charge in [0.2, 0.25) is 0 Å². The topological polar surface area (TPSA) is 38.7 Å². The third-order valence-corrected chi connectivity index (χ3v) is 5.85. The summed E-state index contributed by atoms with van der Waals surface area (Å²) in [6.07, 6.45) is 0. The molecule has 0 aliphatic carbocycles. The van der Waals surface area contributed by atoms with Gasteiger partial charge < -0.3 is 15.3 Å². The Morgan fingerprint density at radius 1 is 1.19 bits per heavy atom. The van der Waals surface area contributed by atoms with Gasteiger partial charge in [-0.1, -0.05) is 55.8 Å². The van der Waals surface area contributed by atoms with E-state index in [1.54, 1.807) is 6.07 Å². The van der Waals surface area contributed by atoms with Gasteiger partial charge in [0.05, 0.1) is 0 Å². The summed E-state index contributed by atoms with van der Waals surface area (Å²) in [5.41, 5.74) is 0.874. The van der Waals surface area contributed by atoms with Gasteiger partial charge >= 0.3 is 0 Å². The summed E-state index contributed by atoms with van der Waals surface area (Å²) in [5.74, 6) is 0. The van der Waals surface area contributed by atoms with Gasteiger partial charge in [0.25, 0.3) is 0 Å². The van der Waals surface area contributed by atoms with Gasteiger partial charge in [-0.3, -0.25) is 4.90 Å². The fraction of sp³-hybridized carbons (Fsp3) is 0.381. The van der Waals surface area contributed by atoms with Crippen LogP contribution in [-0.4, -0.2) is 45.7 Å². The molecule has 27 heavy (non-hydrogen) atoms. The Morgan fingerprint density at radius 2 is 1.85 bits per heavy atom. The van der Waals surface area contributed by atoms with E-state index in [-0.39, 0.29) is 6.04 Å². The number of anilines is 1. The Kier molecular flexibility index (Phi) is 6.06. The minimum absolute atomic E-state index is 0.218. The number of halogens is 1. The zero-order chi connectivity index (χ0) is 19.6. The van der Waals surface area contributed by atoms with Crippen molar-refractivity contribution >= 4 is 34.6 Å². The van der Waals surface area contributed by atoms with Crippen molar-refractivity contribution in [3.05, 3.63) is 64.7 Å². The lowest BCUT2D eigenvalue weighted by atomic mass is 9.89. The van der Waals surface area contributed by atoms with Crippen LogP contribution in [0.25, 0.3) is 0 Å². The number of fused-ring (bicyclic) bond motifs is 1. The van der Waals surface area contributed by atoms with Gasteiger partial charge in [-0.05, 0) is 50.4 Å². The molecule has 0 aromatic heterocycles. The summed E-state index contributed by atoms with van der Waals surface area (Å²) >= 11 is 11.9. The molecule has 144 valence electrons. The first-order valence-electron chi connectivity index (χ1n) is 9.32. The molecular formula is C21H26ClN3OS. The molecule has 0 bridgehead atoms. The first-order chi connectivity index (χ1) is 12.9. The molecule has 0 saturated heterocycles. The molecule has 1 aliphatic rings. The van der Waals surface area contributed by atoms with Gasteiger partial charge in [-0.15, -0.1) is 0 Å². The highest BCUT2D eigenvalue weighted by Gasteiger charge is 2.45. The van der Waals surface area contributed by atoms with Crippen LogP contribution in [0.5, 0.6) is 0 Å². The molecule has 2 aromatic rings. The van der Waals surface area contributed by atoms with Crippen LogP contribution in [0, 0.1) is 0 Å². The molecule has 0 radical (unpaired) electrons. The van der Waals surface area contributed by atoms with Gasteiger partial charge in [0.1, 0.15) is 0 Å². The van der Waals surface area contributed by atoms with E-state index in [1.165, 1.54) is 0 Å². The first kappa shape index (κ1) is 20.1. The lowest BCUT2D eigenvalue weighted by Crippen LogP contribution is -2.58. The van der Waals surface area contributed by atoms with Crippen LogP contribution in [0.3, 0.4) is 0 Å². The van der Waals surface area contributed by atoms with Crippen molar-refractivity contribution < 1.29 is 5.11 Å². The second kappa shape index (κ2) is 8.15. The number of rotatable bonds is 6. The second-order valence-electron chi connectivity index (χ2n) is 6.84.